The van der Waals surface area contributed by atoms with Crippen LogP contribution in [0.2, 0.25) is 0 Å². The van der Waals surface area contributed by atoms with E-state index in [2.05, 4.69) is 21.2 Å². The molecule has 0 fully saturated rings. The molecule has 1 atom stereocenters. The first kappa shape index (κ1) is 21.0. The number of benzene rings is 2. The average Bonchev–Trinajstić information content (AvgIpc) is 2.97. The van der Waals surface area contributed by atoms with Gasteiger partial charge in [0.05, 0.1) is 4.90 Å². The summed E-state index contributed by atoms with van der Waals surface area (Å²) in [4.78, 5) is 24.7. The van der Waals surface area contributed by atoms with Crippen LogP contribution >= 0.6 is 15.9 Å². The van der Waals surface area contributed by atoms with Gasteiger partial charge in [-0.05, 0) is 56.3 Å². The van der Waals surface area contributed by atoms with Crippen LogP contribution in [-0.2, 0) is 19.6 Å². The summed E-state index contributed by atoms with van der Waals surface area (Å²) < 4.78 is 34.1. The van der Waals surface area contributed by atoms with E-state index in [9.17, 15) is 18.0 Å². The number of hydrogen-bond donors (Lipinski definition) is 2. The number of anilines is 1. The van der Waals surface area contributed by atoms with Crippen LogP contribution in [0.15, 0.2) is 56.2 Å². The maximum Gasteiger partial charge on any atom is 0.375 e. The lowest BCUT2D eigenvalue weighted by Crippen LogP contribution is -2.30. The number of carbonyl (C=O) groups excluding carboxylic acids is 2. The highest BCUT2D eigenvalue weighted by atomic mass is 79.9. The molecule has 0 bridgehead atoms. The number of fused-ring (bicyclic) bond motifs is 1. The molecule has 0 saturated carbocycles. The van der Waals surface area contributed by atoms with E-state index in [1.807, 2.05) is 6.07 Å². The maximum absolute atomic E-state index is 12.5. The van der Waals surface area contributed by atoms with Gasteiger partial charge in [-0.3, -0.25) is 4.79 Å². The second-order valence-corrected chi connectivity index (χ2v) is 8.78. The summed E-state index contributed by atoms with van der Waals surface area (Å²) in [6.45, 7) is 3.15. The lowest BCUT2D eigenvalue weighted by atomic mass is 10.1. The number of ether oxygens (including phenoxy) is 1. The molecule has 152 valence electrons. The smallest absolute Gasteiger partial charge is 0.375 e. The minimum absolute atomic E-state index is 0.0234. The highest BCUT2D eigenvalue weighted by molar-refractivity contribution is 9.10. The molecule has 0 aliphatic carbocycles. The molecule has 1 heterocycles. The van der Waals surface area contributed by atoms with Crippen molar-refractivity contribution in [1.82, 2.24) is 0 Å². The first-order chi connectivity index (χ1) is 13.6. The van der Waals surface area contributed by atoms with Crippen molar-refractivity contribution < 1.29 is 27.2 Å². The normalized spacial score (nSPS) is 12.6. The number of nitrogens with two attached hydrogens (primary N) is 1. The first-order valence-electron chi connectivity index (χ1n) is 8.39. The summed E-state index contributed by atoms with van der Waals surface area (Å²) >= 11 is 3.37. The Hall–Kier alpha value is -2.69. The van der Waals surface area contributed by atoms with Gasteiger partial charge in [-0.15, -0.1) is 0 Å². The fourth-order valence-corrected chi connectivity index (χ4v) is 3.50. The van der Waals surface area contributed by atoms with Gasteiger partial charge in [0.1, 0.15) is 5.58 Å². The number of esters is 1. The highest BCUT2D eigenvalue weighted by Gasteiger charge is 2.24. The zero-order chi connectivity index (χ0) is 21.3. The lowest BCUT2D eigenvalue weighted by Gasteiger charge is -2.13. The molecule has 0 aliphatic heterocycles. The Morgan fingerprint density at radius 1 is 1.17 bits per heavy atom. The van der Waals surface area contributed by atoms with Gasteiger partial charge in [0, 0.05) is 21.1 Å². The van der Waals surface area contributed by atoms with Gasteiger partial charge < -0.3 is 14.5 Å². The molecule has 1 aromatic heterocycles. The van der Waals surface area contributed by atoms with Gasteiger partial charge in [-0.2, -0.15) is 0 Å². The Balaban J connectivity index is 1.69. The molecule has 0 radical (unpaired) electrons. The Bertz CT molecular complexity index is 1200. The maximum atomic E-state index is 12.5. The number of hydrogen-bond acceptors (Lipinski definition) is 6. The molecule has 29 heavy (non-hydrogen) atoms. The van der Waals surface area contributed by atoms with Crippen LogP contribution in [0, 0.1) is 6.92 Å². The van der Waals surface area contributed by atoms with Crippen LogP contribution < -0.4 is 10.5 Å². The number of primary sulfonamides is 1. The van der Waals surface area contributed by atoms with Gasteiger partial charge >= 0.3 is 5.97 Å². The van der Waals surface area contributed by atoms with Gasteiger partial charge in [-0.1, -0.05) is 15.9 Å². The van der Waals surface area contributed by atoms with Crippen molar-refractivity contribution in [3.63, 3.8) is 0 Å². The number of sulfonamides is 1. The molecular weight excluding hydrogens is 464 g/mol. The monoisotopic (exact) mass is 480 g/mol. The summed E-state index contributed by atoms with van der Waals surface area (Å²) in [5.41, 5.74) is 1.47. The van der Waals surface area contributed by atoms with E-state index in [1.165, 1.54) is 31.2 Å². The minimum Gasteiger partial charge on any atom is -0.449 e. The third-order valence-corrected chi connectivity index (χ3v) is 5.61. The molecule has 0 saturated heterocycles. The summed E-state index contributed by atoms with van der Waals surface area (Å²) in [7, 11) is -3.82. The second kappa shape index (κ2) is 7.97. The predicted molar refractivity (Wildman–Crippen MR) is 110 cm³/mol. The van der Waals surface area contributed by atoms with E-state index < -0.39 is 28.0 Å². The van der Waals surface area contributed by atoms with Crippen LogP contribution in [0.3, 0.4) is 0 Å². The molecule has 3 rings (SSSR count). The standard InChI is InChI=1S/C19H17BrN2O6S/c1-10-15-9-12(20)3-8-16(15)28-17(10)19(24)27-11(2)18(23)22-13-4-6-14(7-5-13)29(21,25)26/h3-9,11H,1-2H3,(H,22,23)(H2,21,25,26). The fraction of sp³-hybridized carbons (Fsp3) is 0.158. The minimum atomic E-state index is -3.82. The highest BCUT2D eigenvalue weighted by Crippen LogP contribution is 2.28. The van der Waals surface area contributed by atoms with Crippen LogP contribution in [0.4, 0.5) is 5.69 Å². The molecule has 3 N–H and O–H groups in total. The molecule has 2 aromatic carbocycles. The van der Waals surface area contributed by atoms with Crippen molar-refractivity contribution in [2.24, 2.45) is 5.14 Å². The first-order valence-corrected chi connectivity index (χ1v) is 10.7. The molecule has 1 amide bonds. The molecule has 8 nitrogen and oxygen atoms in total. The second-order valence-electron chi connectivity index (χ2n) is 6.30. The SMILES string of the molecule is Cc1c(C(=O)OC(C)C(=O)Nc2ccc(S(N)(=O)=O)cc2)oc2ccc(Br)cc12. The molecule has 0 aliphatic rings. The van der Waals surface area contributed by atoms with Crippen molar-refractivity contribution in [2.45, 2.75) is 24.8 Å². The Kier molecular flexibility index (Phi) is 5.78. The third kappa shape index (κ3) is 4.66. The van der Waals surface area contributed by atoms with Crippen LogP contribution in [0.5, 0.6) is 0 Å². The van der Waals surface area contributed by atoms with Crippen molar-refractivity contribution in [2.75, 3.05) is 5.32 Å². The zero-order valence-corrected chi connectivity index (χ0v) is 17.8. The number of aryl methyl sites for hydroxylation is 1. The molecule has 3 aromatic rings. The number of amides is 1. The molecule has 1 unspecified atom stereocenters. The van der Waals surface area contributed by atoms with Gasteiger partial charge in [0.25, 0.3) is 5.91 Å². The molecule has 0 spiro atoms. The number of halogens is 1. The predicted octanol–water partition coefficient (Wildman–Crippen LogP) is 3.34. The Morgan fingerprint density at radius 2 is 1.83 bits per heavy atom. The van der Waals surface area contributed by atoms with E-state index >= 15 is 0 Å². The number of nitrogens with one attached hydrogen (secondary N) is 1. The van der Waals surface area contributed by atoms with E-state index in [4.69, 9.17) is 14.3 Å². The van der Waals surface area contributed by atoms with Gasteiger partial charge in [0.15, 0.2) is 6.10 Å². The largest absolute Gasteiger partial charge is 0.449 e. The van der Waals surface area contributed by atoms with Crippen molar-refractivity contribution in [3.8, 4) is 0 Å². The molecule has 10 heteroatoms. The Labute approximate surface area is 175 Å². The van der Waals surface area contributed by atoms with Crippen molar-refractivity contribution in [1.29, 1.82) is 0 Å². The van der Waals surface area contributed by atoms with E-state index in [0.29, 0.717) is 16.8 Å². The average molecular weight is 481 g/mol. The quantitative estimate of drug-likeness (QED) is 0.538. The summed E-state index contributed by atoms with van der Waals surface area (Å²) in [5.74, 6) is -1.32. The zero-order valence-electron chi connectivity index (χ0n) is 15.4. The van der Waals surface area contributed by atoms with Crippen LogP contribution in [0.25, 0.3) is 11.0 Å². The van der Waals surface area contributed by atoms with Crippen molar-refractivity contribution in [3.05, 3.63) is 58.3 Å². The molecular formula is C19H17BrN2O6S. The number of rotatable bonds is 5. The van der Waals surface area contributed by atoms with Crippen molar-refractivity contribution >= 4 is 54.5 Å². The summed E-state index contributed by atoms with van der Waals surface area (Å²) in [6, 6.07) is 10.6. The number of furan rings is 1. The van der Waals surface area contributed by atoms with Gasteiger partial charge in [0.2, 0.25) is 15.8 Å². The summed E-state index contributed by atoms with van der Waals surface area (Å²) in [5, 5.41) is 8.33. The lowest BCUT2D eigenvalue weighted by molar-refractivity contribution is -0.123. The third-order valence-electron chi connectivity index (χ3n) is 4.19. The topological polar surface area (TPSA) is 129 Å². The van der Waals surface area contributed by atoms with Crippen LogP contribution in [-0.4, -0.2) is 26.4 Å². The van der Waals surface area contributed by atoms with Crippen LogP contribution in [0.1, 0.15) is 23.0 Å². The van der Waals surface area contributed by atoms with E-state index in [1.54, 1.807) is 19.1 Å². The van der Waals surface area contributed by atoms with E-state index in [0.717, 1.165) is 9.86 Å². The van der Waals surface area contributed by atoms with E-state index in [-0.39, 0.29) is 10.7 Å². The van der Waals surface area contributed by atoms with Gasteiger partial charge in [-0.25, -0.2) is 18.4 Å². The Morgan fingerprint density at radius 3 is 2.45 bits per heavy atom. The number of carbonyl (C=O) groups is 2. The summed E-state index contributed by atoms with van der Waals surface area (Å²) in [6.07, 6.45) is -1.11. The fourth-order valence-electron chi connectivity index (χ4n) is 2.63.